The van der Waals surface area contributed by atoms with Gasteiger partial charge >= 0.3 is 6.18 Å². The predicted octanol–water partition coefficient (Wildman–Crippen LogP) is 2.60. The molecule has 0 saturated carbocycles. The molecule has 1 saturated heterocycles. The number of benzene rings is 1. The molecule has 0 aliphatic carbocycles. The molecule has 1 aliphatic heterocycles. The molecule has 1 atom stereocenters. The van der Waals surface area contributed by atoms with Crippen molar-refractivity contribution in [3.63, 3.8) is 0 Å². The molecule has 1 aromatic carbocycles. The lowest BCUT2D eigenvalue weighted by atomic mass is 9.94. The van der Waals surface area contributed by atoms with E-state index in [1.165, 1.54) is 0 Å². The summed E-state index contributed by atoms with van der Waals surface area (Å²) < 4.78 is 38.0. The Balaban J connectivity index is 1.94. The number of halogens is 3. The standard InChI is InChI=1S/C17H21BF3N3/c1-24-10-2-3-14(24)16-22-13(8-9-17(19,20)21)15(23-16)11-4-6-12(18)7-5-11/h4-7,14H,2-3,8-10,18H2,1H3,(H,22,23)/t14-/m0/s1. The Kier molecular flexibility index (Phi) is 4.72. The average Bonchev–Trinajstić information content (AvgIpc) is 3.11. The highest BCUT2D eigenvalue weighted by molar-refractivity contribution is 6.32. The zero-order chi connectivity index (χ0) is 17.3. The molecule has 0 bridgehead atoms. The molecule has 0 spiro atoms. The van der Waals surface area contributed by atoms with Crippen LogP contribution < -0.4 is 5.46 Å². The Bertz CT molecular complexity index is 694. The molecule has 128 valence electrons. The first kappa shape index (κ1) is 17.1. The molecule has 1 aliphatic rings. The van der Waals surface area contributed by atoms with Crippen LogP contribution in [0.4, 0.5) is 13.2 Å². The molecular formula is C17H21BF3N3. The fourth-order valence-corrected chi connectivity index (χ4v) is 3.24. The zero-order valence-corrected chi connectivity index (χ0v) is 14.0. The lowest BCUT2D eigenvalue weighted by Gasteiger charge is -2.16. The van der Waals surface area contributed by atoms with Gasteiger partial charge in [-0.3, -0.25) is 4.90 Å². The minimum Gasteiger partial charge on any atom is -0.340 e. The number of aryl methyl sites for hydroxylation is 1. The molecule has 2 aromatic rings. The number of hydrogen-bond acceptors (Lipinski definition) is 2. The normalized spacial score (nSPS) is 19.1. The molecule has 2 heterocycles. The maximum absolute atomic E-state index is 12.7. The number of H-pyrrole nitrogens is 1. The highest BCUT2D eigenvalue weighted by atomic mass is 19.4. The van der Waals surface area contributed by atoms with Gasteiger partial charge in [0, 0.05) is 12.8 Å². The number of likely N-dealkylation sites (tertiary alicyclic amines) is 1. The van der Waals surface area contributed by atoms with E-state index in [0.717, 1.165) is 41.9 Å². The summed E-state index contributed by atoms with van der Waals surface area (Å²) in [6, 6.07) is 7.95. The monoisotopic (exact) mass is 335 g/mol. The third-order valence-electron chi connectivity index (χ3n) is 4.62. The first-order valence-electron chi connectivity index (χ1n) is 8.26. The van der Waals surface area contributed by atoms with Crippen LogP contribution in [-0.2, 0) is 6.42 Å². The average molecular weight is 335 g/mol. The van der Waals surface area contributed by atoms with Gasteiger partial charge in [0.05, 0.1) is 17.4 Å². The lowest BCUT2D eigenvalue weighted by molar-refractivity contribution is -0.134. The summed E-state index contributed by atoms with van der Waals surface area (Å²) >= 11 is 0. The van der Waals surface area contributed by atoms with E-state index in [4.69, 9.17) is 0 Å². The number of nitrogens with one attached hydrogen (secondary N) is 1. The van der Waals surface area contributed by atoms with Gasteiger partial charge in [0.15, 0.2) is 0 Å². The van der Waals surface area contributed by atoms with Crippen molar-refractivity contribution in [2.45, 2.75) is 37.9 Å². The second-order valence-electron chi connectivity index (χ2n) is 6.56. The van der Waals surface area contributed by atoms with Gasteiger partial charge < -0.3 is 4.98 Å². The number of aromatic nitrogens is 2. The van der Waals surface area contributed by atoms with Gasteiger partial charge in [-0.2, -0.15) is 13.2 Å². The van der Waals surface area contributed by atoms with Crippen LogP contribution in [0, 0.1) is 0 Å². The van der Waals surface area contributed by atoms with Gasteiger partial charge in [0.25, 0.3) is 0 Å². The summed E-state index contributed by atoms with van der Waals surface area (Å²) in [5.41, 5.74) is 3.23. The second kappa shape index (κ2) is 6.63. The number of aromatic amines is 1. The maximum Gasteiger partial charge on any atom is 0.389 e. The Hall–Kier alpha value is -1.76. The zero-order valence-electron chi connectivity index (χ0n) is 14.0. The fourth-order valence-electron chi connectivity index (χ4n) is 3.24. The Morgan fingerprint density at radius 2 is 2.00 bits per heavy atom. The van der Waals surface area contributed by atoms with Crippen molar-refractivity contribution in [1.29, 1.82) is 0 Å². The molecule has 0 amide bonds. The summed E-state index contributed by atoms with van der Waals surface area (Å²) in [5.74, 6) is 0.780. The van der Waals surface area contributed by atoms with E-state index in [9.17, 15) is 13.2 Å². The third-order valence-corrected chi connectivity index (χ3v) is 4.62. The summed E-state index contributed by atoms with van der Waals surface area (Å²) in [6.07, 6.45) is -3.06. The highest BCUT2D eigenvalue weighted by Crippen LogP contribution is 2.33. The predicted molar refractivity (Wildman–Crippen MR) is 91.2 cm³/mol. The van der Waals surface area contributed by atoms with Crippen LogP contribution in [0.1, 0.15) is 36.8 Å². The SMILES string of the molecule is Bc1ccc(-c2[nH]c([C@@H]3CCCN3C)nc2CCC(F)(F)F)cc1. The van der Waals surface area contributed by atoms with Crippen LogP contribution in [0.2, 0.25) is 0 Å². The van der Waals surface area contributed by atoms with Crippen LogP contribution in [-0.4, -0.2) is 42.5 Å². The van der Waals surface area contributed by atoms with Crippen molar-refractivity contribution >= 4 is 13.3 Å². The van der Waals surface area contributed by atoms with Crippen molar-refractivity contribution in [1.82, 2.24) is 14.9 Å². The molecule has 24 heavy (non-hydrogen) atoms. The number of alkyl halides is 3. The smallest absolute Gasteiger partial charge is 0.340 e. The van der Waals surface area contributed by atoms with E-state index in [-0.39, 0.29) is 12.5 Å². The fraction of sp³-hybridized carbons (Fsp3) is 0.471. The number of nitrogens with zero attached hydrogens (tertiary/aromatic N) is 2. The topological polar surface area (TPSA) is 31.9 Å². The van der Waals surface area contributed by atoms with Crippen LogP contribution in [0.3, 0.4) is 0 Å². The van der Waals surface area contributed by atoms with Crippen LogP contribution in [0.5, 0.6) is 0 Å². The maximum atomic E-state index is 12.7. The van der Waals surface area contributed by atoms with E-state index in [0.29, 0.717) is 5.69 Å². The number of rotatable bonds is 4. The van der Waals surface area contributed by atoms with Gasteiger partial charge in [0.2, 0.25) is 0 Å². The van der Waals surface area contributed by atoms with E-state index in [1.54, 1.807) is 0 Å². The van der Waals surface area contributed by atoms with Crippen LogP contribution >= 0.6 is 0 Å². The Labute approximate surface area is 140 Å². The summed E-state index contributed by atoms with van der Waals surface area (Å²) in [4.78, 5) is 10.1. The largest absolute Gasteiger partial charge is 0.389 e. The van der Waals surface area contributed by atoms with E-state index < -0.39 is 12.6 Å². The summed E-state index contributed by atoms with van der Waals surface area (Å²) in [5, 5.41) is 0. The summed E-state index contributed by atoms with van der Waals surface area (Å²) in [7, 11) is 4.02. The Morgan fingerprint density at radius 3 is 2.58 bits per heavy atom. The van der Waals surface area contributed by atoms with Crippen LogP contribution in [0.25, 0.3) is 11.3 Å². The molecule has 3 rings (SSSR count). The molecule has 1 fully saturated rings. The summed E-state index contributed by atoms with van der Waals surface area (Å²) in [6.45, 7) is 0.989. The number of imidazole rings is 1. The van der Waals surface area contributed by atoms with Crippen LogP contribution in [0.15, 0.2) is 24.3 Å². The van der Waals surface area contributed by atoms with Gasteiger partial charge in [0.1, 0.15) is 13.7 Å². The molecule has 0 radical (unpaired) electrons. The van der Waals surface area contributed by atoms with Gasteiger partial charge in [-0.05, 0) is 32.0 Å². The van der Waals surface area contributed by atoms with Crippen molar-refractivity contribution in [3.8, 4) is 11.3 Å². The van der Waals surface area contributed by atoms with Crippen molar-refractivity contribution in [2.75, 3.05) is 13.6 Å². The molecule has 3 nitrogen and oxygen atoms in total. The van der Waals surface area contributed by atoms with E-state index in [1.807, 2.05) is 39.2 Å². The molecule has 7 heteroatoms. The van der Waals surface area contributed by atoms with E-state index in [2.05, 4.69) is 14.9 Å². The molecular weight excluding hydrogens is 314 g/mol. The van der Waals surface area contributed by atoms with Gasteiger partial charge in [-0.15, -0.1) is 0 Å². The Morgan fingerprint density at radius 1 is 1.29 bits per heavy atom. The second-order valence-corrected chi connectivity index (χ2v) is 6.56. The minimum atomic E-state index is -4.17. The first-order chi connectivity index (χ1) is 11.3. The quantitative estimate of drug-likeness (QED) is 0.871. The third kappa shape index (κ3) is 3.83. The van der Waals surface area contributed by atoms with Crippen molar-refractivity contribution in [2.24, 2.45) is 0 Å². The van der Waals surface area contributed by atoms with Crippen molar-refractivity contribution < 1.29 is 13.2 Å². The van der Waals surface area contributed by atoms with E-state index >= 15 is 0 Å². The molecule has 0 unspecified atom stereocenters. The van der Waals surface area contributed by atoms with Crippen molar-refractivity contribution in [3.05, 3.63) is 35.8 Å². The minimum absolute atomic E-state index is 0.0976. The highest BCUT2D eigenvalue weighted by Gasteiger charge is 2.30. The molecule has 1 N–H and O–H groups in total. The first-order valence-corrected chi connectivity index (χ1v) is 8.26. The number of hydrogen-bond donors (Lipinski definition) is 1. The van der Waals surface area contributed by atoms with Gasteiger partial charge in [-0.1, -0.05) is 29.7 Å². The molecule has 1 aromatic heterocycles. The lowest BCUT2D eigenvalue weighted by Crippen LogP contribution is -2.18. The van der Waals surface area contributed by atoms with Gasteiger partial charge in [-0.25, -0.2) is 4.98 Å².